The predicted molar refractivity (Wildman–Crippen MR) is 93.8 cm³/mol. The molecule has 1 atom stereocenters. The van der Waals surface area contributed by atoms with Gasteiger partial charge in [0.25, 0.3) is 0 Å². The topological polar surface area (TPSA) is 46.9 Å². The Hall–Kier alpha value is -1.98. The quantitative estimate of drug-likeness (QED) is 0.882. The van der Waals surface area contributed by atoms with Gasteiger partial charge < -0.3 is 19.2 Å². The van der Waals surface area contributed by atoms with Crippen molar-refractivity contribution in [2.24, 2.45) is 0 Å². The first-order chi connectivity index (χ1) is 11.8. The van der Waals surface area contributed by atoms with E-state index >= 15 is 0 Å². The van der Waals surface area contributed by atoms with E-state index in [-0.39, 0.29) is 6.04 Å². The summed E-state index contributed by atoms with van der Waals surface area (Å²) in [7, 11) is 1.68. The molecule has 1 N–H and O–H groups in total. The van der Waals surface area contributed by atoms with Crippen molar-refractivity contribution in [1.29, 1.82) is 0 Å². The van der Waals surface area contributed by atoms with Crippen molar-refractivity contribution >= 4 is 0 Å². The Morgan fingerprint density at radius 3 is 2.88 bits per heavy atom. The zero-order chi connectivity index (χ0) is 16.8. The molecule has 2 heterocycles. The predicted octanol–water partition coefficient (Wildman–Crippen LogP) is 3.07. The van der Waals surface area contributed by atoms with Gasteiger partial charge in [-0.1, -0.05) is 6.07 Å². The van der Waals surface area contributed by atoms with Gasteiger partial charge in [-0.3, -0.25) is 4.90 Å². The SMILES string of the molecule is CCOc1ccc(C(c2ccco2)N2CCCNCC2)cc1OC. The summed E-state index contributed by atoms with van der Waals surface area (Å²) in [6.07, 6.45) is 2.87. The number of furan rings is 1. The molecule has 1 aliphatic rings. The van der Waals surface area contributed by atoms with Crippen molar-refractivity contribution in [3.05, 3.63) is 47.9 Å². The molecule has 0 radical (unpaired) electrons. The molecule has 3 rings (SSSR count). The molecule has 0 amide bonds. The van der Waals surface area contributed by atoms with E-state index in [1.165, 1.54) is 0 Å². The summed E-state index contributed by atoms with van der Waals surface area (Å²) in [5.74, 6) is 2.50. The van der Waals surface area contributed by atoms with Crippen LogP contribution in [0.2, 0.25) is 0 Å². The monoisotopic (exact) mass is 330 g/mol. The van der Waals surface area contributed by atoms with Crippen LogP contribution in [-0.4, -0.2) is 44.8 Å². The van der Waals surface area contributed by atoms with Crippen LogP contribution in [-0.2, 0) is 0 Å². The minimum absolute atomic E-state index is 0.0875. The molecule has 1 fully saturated rings. The van der Waals surface area contributed by atoms with Gasteiger partial charge in [-0.2, -0.15) is 0 Å². The Kier molecular flexibility index (Phi) is 5.77. The normalized spacial score (nSPS) is 17.2. The smallest absolute Gasteiger partial charge is 0.161 e. The van der Waals surface area contributed by atoms with Crippen molar-refractivity contribution < 1.29 is 13.9 Å². The Labute approximate surface area is 143 Å². The van der Waals surface area contributed by atoms with Crippen molar-refractivity contribution in [1.82, 2.24) is 10.2 Å². The average molecular weight is 330 g/mol. The number of nitrogens with zero attached hydrogens (tertiary/aromatic N) is 1. The van der Waals surface area contributed by atoms with Crippen molar-refractivity contribution in [2.75, 3.05) is 39.9 Å². The highest BCUT2D eigenvalue weighted by molar-refractivity contribution is 5.45. The maximum absolute atomic E-state index is 5.76. The van der Waals surface area contributed by atoms with Gasteiger partial charge in [-0.15, -0.1) is 0 Å². The molecule has 2 aromatic rings. The van der Waals surface area contributed by atoms with Crippen LogP contribution in [0.3, 0.4) is 0 Å². The molecule has 1 aromatic carbocycles. The number of nitrogens with one attached hydrogen (secondary N) is 1. The molecule has 1 aromatic heterocycles. The van der Waals surface area contributed by atoms with E-state index in [2.05, 4.69) is 22.3 Å². The van der Waals surface area contributed by atoms with Crippen LogP contribution in [0.1, 0.15) is 30.7 Å². The zero-order valence-corrected chi connectivity index (χ0v) is 14.5. The van der Waals surface area contributed by atoms with Crippen LogP contribution in [0.25, 0.3) is 0 Å². The lowest BCUT2D eigenvalue weighted by molar-refractivity contribution is 0.215. The van der Waals surface area contributed by atoms with Gasteiger partial charge in [0.2, 0.25) is 0 Å². The van der Waals surface area contributed by atoms with E-state index in [0.717, 1.165) is 55.4 Å². The zero-order valence-electron chi connectivity index (χ0n) is 14.5. The van der Waals surface area contributed by atoms with Gasteiger partial charge in [0, 0.05) is 19.6 Å². The molecule has 0 aliphatic carbocycles. The molecule has 5 nitrogen and oxygen atoms in total. The fraction of sp³-hybridized carbons (Fsp3) is 0.474. The molecule has 24 heavy (non-hydrogen) atoms. The lowest BCUT2D eigenvalue weighted by Gasteiger charge is -2.29. The highest BCUT2D eigenvalue weighted by Gasteiger charge is 2.26. The van der Waals surface area contributed by atoms with Crippen molar-refractivity contribution in [2.45, 2.75) is 19.4 Å². The third-order valence-corrected chi connectivity index (χ3v) is 4.36. The van der Waals surface area contributed by atoms with E-state index in [1.54, 1.807) is 13.4 Å². The van der Waals surface area contributed by atoms with Crippen LogP contribution in [0.15, 0.2) is 41.0 Å². The first-order valence-corrected chi connectivity index (χ1v) is 8.62. The van der Waals surface area contributed by atoms with E-state index in [9.17, 15) is 0 Å². The van der Waals surface area contributed by atoms with E-state index in [0.29, 0.717) is 6.61 Å². The second-order valence-electron chi connectivity index (χ2n) is 5.90. The van der Waals surface area contributed by atoms with Crippen molar-refractivity contribution in [3.63, 3.8) is 0 Å². The van der Waals surface area contributed by atoms with Crippen molar-refractivity contribution in [3.8, 4) is 11.5 Å². The highest BCUT2D eigenvalue weighted by Crippen LogP contribution is 2.35. The molecule has 1 saturated heterocycles. The number of ether oxygens (including phenoxy) is 2. The first kappa shape index (κ1) is 16.9. The largest absolute Gasteiger partial charge is 0.493 e. The minimum Gasteiger partial charge on any atom is -0.493 e. The highest BCUT2D eigenvalue weighted by atomic mass is 16.5. The summed E-state index contributed by atoms with van der Waals surface area (Å²) in [5, 5.41) is 3.46. The number of hydrogen-bond donors (Lipinski definition) is 1. The summed E-state index contributed by atoms with van der Waals surface area (Å²) in [6, 6.07) is 10.2. The molecular formula is C19H26N2O3. The molecule has 0 saturated carbocycles. The average Bonchev–Trinajstić information content (AvgIpc) is 2.99. The molecule has 1 unspecified atom stereocenters. The lowest BCUT2D eigenvalue weighted by atomic mass is 10.0. The summed E-state index contributed by atoms with van der Waals surface area (Å²) in [4.78, 5) is 2.47. The van der Waals surface area contributed by atoms with Gasteiger partial charge in [-0.25, -0.2) is 0 Å². The Balaban J connectivity index is 1.96. The third kappa shape index (κ3) is 3.74. The second kappa shape index (κ2) is 8.22. The third-order valence-electron chi connectivity index (χ3n) is 4.36. The maximum Gasteiger partial charge on any atom is 0.161 e. The van der Waals surface area contributed by atoms with E-state index in [1.807, 2.05) is 25.1 Å². The molecule has 1 aliphatic heterocycles. The van der Waals surface area contributed by atoms with Crippen LogP contribution in [0.4, 0.5) is 0 Å². The molecular weight excluding hydrogens is 304 g/mol. The standard InChI is InChI=1S/C19H26N2O3/c1-3-23-16-8-7-15(14-18(16)22-2)19(17-6-4-13-24-17)21-11-5-9-20-10-12-21/h4,6-8,13-14,19-20H,3,5,9-12H2,1-2H3. The Morgan fingerprint density at radius 1 is 1.21 bits per heavy atom. The van der Waals surface area contributed by atoms with Crippen LogP contribution < -0.4 is 14.8 Å². The fourth-order valence-electron chi connectivity index (χ4n) is 3.26. The summed E-state index contributed by atoms with van der Waals surface area (Å²) in [6.45, 7) is 6.67. The van der Waals surface area contributed by atoms with Gasteiger partial charge in [-0.05, 0) is 49.7 Å². The van der Waals surface area contributed by atoms with Crippen LogP contribution in [0.5, 0.6) is 11.5 Å². The number of methoxy groups -OCH3 is 1. The Morgan fingerprint density at radius 2 is 2.12 bits per heavy atom. The molecule has 0 spiro atoms. The van der Waals surface area contributed by atoms with Crippen LogP contribution >= 0.6 is 0 Å². The number of hydrogen-bond acceptors (Lipinski definition) is 5. The molecule has 130 valence electrons. The fourth-order valence-corrected chi connectivity index (χ4v) is 3.26. The van der Waals surface area contributed by atoms with Gasteiger partial charge in [0.1, 0.15) is 5.76 Å². The van der Waals surface area contributed by atoms with Crippen LogP contribution in [0, 0.1) is 0 Å². The molecule has 5 heteroatoms. The van der Waals surface area contributed by atoms with Gasteiger partial charge >= 0.3 is 0 Å². The maximum atomic E-state index is 5.76. The lowest BCUT2D eigenvalue weighted by Crippen LogP contribution is -2.32. The van der Waals surface area contributed by atoms with E-state index < -0.39 is 0 Å². The number of benzene rings is 1. The summed E-state index contributed by atoms with van der Waals surface area (Å²) in [5.41, 5.74) is 1.16. The molecule has 0 bridgehead atoms. The second-order valence-corrected chi connectivity index (χ2v) is 5.90. The summed E-state index contributed by atoms with van der Waals surface area (Å²) >= 11 is 0. The van der Waals surface area contributed by atoms with E-state index in [4.69, 9.17) is 13.9 Å². The van der Waals surface area contributed by atoms with Gasteiger partial charge in [0.05, 0.1) is 26.0 Å². The Bertz CT molecular complexity index is 620. The summed E-state index contributed by atoms with van der Waals surface area (Å²) < 4.78 is 16.9. The van der Waals surface area contributed by atoms with Gasteiger partial charge in [0.15, 0.2) is 11.5 Å². The number of rotatable bonds is 6. The minimum atomic E-state index is 0.0875. The first-order valence-electron chi connectivity index (χ1n) is 8.62.